The molecule has 0 saturated heterocycles. The van der Waals surface area contributed by atoms with Crippen LogP contribution in [0, 0.1) is 11.8 Å². The molecule has 1 aromatic rings. The lowest BCUT2D eigenvalue weighted by atomic mass is 10.1. The molecule has 4 heteroatoms. The SMILES string of the molecule is CC(C)CCN(CCC(C)C)c1nc(CNC(C)C)co1. The summed E-state index contributed by atoms with van der Waals surface area (Å²) in [6.07, 6.45) is 4.11. The molecule has 0 unspecified atom stereocenters. The van der Waals surface area contributed by atoms with E-state index in [1.807, 2.05) is 0 Å². The fourth-order valence-electron chi connectivity index (χ4n) is 1.96. The van der Waals surface area contributed by atoms with Gasteiger partial charge < -0.3 is 14.6 Å². The summed E-state index contributed by atoms with van der Waals surface area (Å²) >= 11 is 0. The maximum atomic E-state index is 5.70. The summed E-state index contributed by atoms with van der Waals surface area (Å²) in [5.41, 5.74) is 0.984. The van der Waals surface area contributed by atoms with Crippen molar-refractivity contribution in [2.45, 2.75) is 67.0 Å². The van der Waals surface area contributed by atoms with E-state index < -0.39 is 0 Å². The van der Waals surface area contributed by atoms with Gasteiger partial charge in [-0.05, 0) is 24.7 Å². The van der Waals surface area contributed by atoms with Gasteiger partial charge in [-0.25, -0.2) is 0 Å². The first-order valence-electron chi connectivity index (χ1n) is 8.31. The van der Waals surface area contributed by atoms with E-state index in [0.717, 1.165) is 31.3 Å². The van der Waals surface area contributed by atoms with Crippen LogP contribution >= 0.6 is 0 Å². The van der Waals surface area contributed by atoms with E-state index >= 15 is 0 Å². The van der Waals surface area contributed by atoms with Gasteiger partial charge in [-0.15, -0.1) is 0 Å². The van der Waals surface area contributed by atoms with Gasteiger partial charge >= 0.3 is 0 Å². The number of aromatic nitrogens is 1. The topological polar surface area (TPSA) is 41.3 Å². The molecule has 0 atom stereocenters. The van der Waals surface area contributed by atoms with Crippen LogP contribution in [0.5, 0.6) is 0 Å². The van der Waals surface area contributed by atoms with Gasteiger partial charge in [-0.1, -0.05) is 41.5 Å². The second-order valence-electron chi connectivity index (χ2n) is 7.01. The summed E-state index contributed by atoms with van der Waals surface area (Å²) in [5.74, 6) is 1.40. The Labute approximate surface area is 130 Å². The maximum Gasteiger partial charge on any atom is 0.297 e. The van der Waals surface area contributed by atoms with Crippen LogP contribution in [0.15, 0.2) is 10.7 Å². The highest BCUT2D eigenvalue weighted by molar-refractivity contribution is 5.26. The molecule has 0 saturated carbocycles. The van der Waals surface area contributed by atoms with E-state index in [2.05, 4.69) is 56.7 Å². The lowest BCUT2D eigenvalue weighted by Crippen LogP contribution is -2.28. The molecular weight excluding hydrogens is 262 g/mol. The second-order valence-corrected chi connectivity index (χ2v) is 7.01. The number of oxazole rings is 1. The first kappa shape index (κ1) is 18.0. The number of nitrogens with one attached hydrogen (secondary N) is 1. The van der Waals surface area contributed by atoms with Gasteiger partial charge in [0, 0.05) is 25.7 Å². The lowest BCUT2D eigenvalue weighted by molar-refractivity contribution is 0.483. The van der Waals surface area contributed by atoms with Crippen molar-refractivity contribution in [1.29, 1.82) is 0 Å². The van der Waals surface area contributed by atoms with Crippen LogP contribution in [-0.2, 0) is 6.54 Å². The third kappa shape index (κ3) is 7.51. The number of anilines is 1. The quantitative estimate of drug-likeness (QED) is 0.706. The van der Waals surface area contributed by atoms with Crippen molar-refractivity contribution in [3.8, 4) is 0 Å². The highest BCUT2D eigenvalue weighted by Crippen LogP contribution is 2.17. The van der Waals surface area contributed by atoms with Crippen LogP contribution in [-0.4, -0.2) is 24.1 Å². The second kappa shape index (κ2) is 9.08. The van der Waals surface area contributed by atoms with Gasteiger partial charge in [-0.2, -0.15) is 4.98 Å². The van der Waals surface area contributed by atoms with Crippen LogP contribution < -0.4 is 10.2 Å². The molecule has 0 bridgehead atoms. The Morgan fingerprint density at radius 3 is 2.10 bits per heavy atom. The zero-order valence-corrected chi connectivity index (χ0v) is 14.6. The van der Waals surface area contributed by atoms with Gasteiger partial charge in [0.05, 0.1) is 5.69 Å². The van der Waals surface area contributed by atoms with E-state index in [0.29, 0.717) is 17.9 Å². The molecule has 0 fully saturated rings. The molecule has 122 valence electrons. The van der Waals surface area contributed by atoms with Crippen LogP contribution in [0.1, 0.15) is 60.1 Å². The van der Waals surface area contributed by atoms with Gasteiger partial charge in [0.15, 0.2) is 0 Å². The molecule has 1 N–H and O–H groups in total. The molecule has 0 spiro atoms. The standard InChI is InChI=1S/C17H33N3O/c1-13(2)7-9-20(10-8-14(3)4)17-19-16(12-21-17)11-18-15(5)6/h12-15,18H,7-11H2,1-6H3. The van der Waals surface area contributed by atoms with Gasteiger partial charge in [0.25, 0.3) is 6.01 Å². The summed E-state index contributed by atoms with van der Waals surface area (Å²) in [6.45, 7) is 16.1. The maximum absolute atomic E-state index is 5.70. The Hall–Kier alpha value is -1.03. The molecule has 0 amide bonds. The zero-order chi connectivity index (χ0) is 15.8. The first-order chi connectivity index (χ1) is 9.88. The smallest absolute Gasteiger partial charge is 0.297 e. The van der Waals surface area contributed by atoms with E-state index in [9.17, 15) is 0 Å². The van der Waals surface area contributed by atoms with Crippen molar-refractivity contribution < 1.29 is 4.42 Å². The monoisotopic (exact) mass is 295 g/mol. The fraction of sp³-hybridized carbons (Fsp3) is 0.824. The minimum absolute atomic E-state index is 0.461. The Morgan fingerprint density at radius 1 is 1.05 bits per heavy atom. The van der Waals surface area contributed by atoms with E-state index in [1.54, 1.807) is 6.26 Å². The molecule has 0 radical (unpaired) electrons. The van der Waals surface area contributed by atoms with Crippen molar-refractivity contribution in [2.75, 3.05) is 18.0 Å². The van der Waals surface area contributed by atoms with Crippen LogP contribution in [0.4, 0.5) is 6.01 Å². The molecule has 0 aliphatic carbocycles. The van der Waals surface area contributed by atoms with Crippen molar-refractivity contribution in [2.24, 2.45) is 11.8 Å². The summed E-state index contributed by atoms with van der Waals surface area (Å²) < 4.78 is 5.70. The van der Waals surface area contributed by atoms with Crippen molar-refractivity contribution >= 4 is 6.01 Å². The number of rotatable bonds is 10. The normalized spacial score (nSPS) is 11.9. The van der Waals surface area contributed by atoms with E-state index in [1.165, 1.54) is 12.8 Å². The van der Waals surface area contributed by atoms with E-state index in [-0.39, 0.29) is 0 Å². The highest BCUT2D eigenvalue weighted by atomic mass is 16.4. The molecule has 4 nitrogen and oxygen atoms in total. The Bertz CT molecular complexity index is 373. The molecule has 1 aromatic heterocycles. The predicted molar refractivity (Wildman–Crippen MR) is 89.6 cm³/mol. The highest BCUT2D eigenvalue weighted by Gasteiger charge is 2.14. The number of hydrogen-bond acceptors (Lipinski definition) is 4. The zero-order valence-electron chi connectivity index (χ0n) is 14.6. The molecule has 0 aromatic carbocycles. The van der Waals surface area contributed by atoms with Crippen molar-refractivity contribution in [3.05, 3.63) is 12.0 Å². The minimum Gasteiger partial charge on any atom is -0.432 e. The van der Waals surface area contributed by atoms with Crippen LogP contribution in [0.2, 0.25) is 0 Å². The summed E-state index contributed by atoms with van der Waals surface area (Å²) in [4.78, 5) is 6.93. The minimum atomic E-state index is 0.461. The van der Waals surface area contributed by atoms with Crippen LogP contribution in [0.25, 0.3) is 0 Å². The van der Waals surface area contributed by atoms with Crippen molar-refractivity contribution in [1.82, 2.24) is 10.3 Å². The Kier molecular flexibility index (Phi) is 7.79. The van der Waals surface area contributed by atoms with Gasteiger partial charge in [-0.3, -0.25) is 0 Å². The third-order valence-electron chi connectivity index (χ3n) is 3.45. The fourth-order valence-corrected chi connectivity index (χ4v) is 1.96. The largest absolute Gasteiger partial charge is 0.432 e. The Balaban J connectivity index is 2.63. The molecular formula is C17H33N3O. The summed E-state index contributed by atoms with van der Waals surface area (Å²) in [6, 6.07) is 1.24. The van der Waals surface area contributed by atoms with Crippen LogP contribution in [0.3, 0.4) is 0 Å². The van der Waals surface area contributed by atoms with Gasteiger partial charge in [0.1, 0.15) is 6.26 Å². The number of nitrogens with zero attached hydrogens (tertiary/aromatic N) is 2. The predicted octanol–water partition coefficient (Wildman–Crippen LogP) is 4.07. The molecule has 1 heterocycles. The lowest BCUT2D eigenvalue weighted by Gasteiger charge is -2.22. The summed E-state index contributed by atoms with van der Waals surface area (Å²) in [7, 11) is 0. The molecule has 21 heavy (non-hydrogen) atoms. The average Bonchev–Trinajstić information content (AvgIpc) is 2.84. The van der Waals surface area contributed by atoms with E-state index in [4.69, 9.17) is 4.42 Å². The molecule has 0 aliphatic heterocycles. The molecule has 1 rings (SSSR count). The Morgan fingerprint density at radius 2 is 1.62 bits per heavy atom. The van der Waals surface area contributed by atoms with Crippen molar-refractivity contribution in [3.63, 3.8) is 0 Å². The average molecular weight is 295 g/mol. The molecule has 0 aliphatic rings. The number of hydrogen-bond donors (Lipinski definition) is 1. The third-order valence-corrected chi connectivity index (χ3v) is 3.45. The summed E-state index contributed by atoms with van der Waals surface area (Å²) in [5, 5.41) is 3.37. The van der Waals surface area contributed by atoms with Gasteiger partial charge in [0.2, 0.25) is 0 Å². The first-order valence-corrected chi connectivity index (χ1v) is 8.31.